The fourth-order valence-electron chi connectivity index (χ4n) is 1.38. The zero-order valence-electron chi connectivity index (χ0n) is 6.69. The van der Waals surface area contributed by atoms with E-state index in [1.165, 1.54) is 0 Å². The molecule has 0 aromatic carbocycles. The first-order valence-electron chi connectivity index (χ1n) is 4.00. The van der Waals surface area contributed by atoms with E-state index in [9.17, 15) is 9.70 Å². The molecule has 1 N–H and O–H groups in total. The van der Waals surface area contributed by atoms with E-state index in [1.54, 1.807) is 0 Å². The molecule has 0 bridgehead atoms. The predicted molar refractivity (Wildman–Crippen MR) is 43.8 cm³/mol. The van der Waals surface area contributed by atoms with E-state index in [1.807, 2.05) is 6.08 Å². The highest BCUT2D eigenvalue weighted by Gasteiger charge is 2.23. The highest BCUT2D eigenvalue weighted by atomic mass is 16.4. The van der Waals surface area contributed by atoms with Crippen LogP contribution in [0.25, 0.3) is 0 Å². The molecule has 66 valence electrons. The van der Waals surface area contributed by atoms with E-state index < -0.39 is 12.0 Å². The van der Waals surface area contributed by atoms with Crippen LogP contribution in [0.15, 0.2) is 16.8 Å². The second-order valence-corrected chi connectivity index (χ2v) is 2.87. The third kappa shape index (κ3) is 1.90. The van der Waals surface area contributed by atoms with Gasteiger partial charge < -0.3 is 5.11 Å². The molecule has 0 amide bonds. The zero-order chi connectivity index (χ0) is 8.97. The van der Waals surface area contributed by atoms with Crippen molar-refractivity contribution >= 4 is 5.97 Å². The first-order valence-corrected chi connectivity index (χ1v) is 4.00. The van der Waals surface area contributed by atoms with Crippen molar-refractivity contribution in [3.05, 3.63) is 16.6 Å². The number of carboxylic acid groups (broad SMARTS) is 1. The van der Waals surface area contributed by atoms with E-state index in [4.69, 9.17) is 5.11 Å². The lowest BCUT2D eigenvalue weighted by atomic mass is 9.94. The number of aliphatic carboxylic acids is 1. The maximum absolute atomic E-state index is 10.5. The lowest BCUT2D eigenvalue weighted by Crippen LogP contribution is -2.20. The quantitative estimate of drug-likeness (QED) is 0.516. The molecule has 4 nitrogen and oxygen atoms in total. The second kappa shape index (κ2) is 3.99. The Morgan fingerprint density at radius 3 is 2.75 bits per heavy atom. The number of allylic oxidation sites excluding steroid dienone is 1. The zero-order valence-corrected chi connectivity index (χ0v) is 6.69. The van der Waals surface area contributed by atoms with E-state index in [2.05, 4.69) is 5.18 Å². The third-order valence-electron chi connectivity index (χ3n) is 2.02. The maximum atomic E-state index is 10.5. The van der Waals surface area contributed by atoms with Gasteiger partial charge in [-0.25, -0.2) is 4.79 Å². The van der Waals surface area contributed by atoms with Gasteiger partial charge in [-0.2, -0.15) is 0 Å². The molecule has 0 saturated carbocycles. The number of nitrogens with zero attached hydrogens (tertiary/aromatic N) is 1. The van der Waals surface area contributed by atoms with Crippen molar-refractivity contribution in [1.82, 2.24) is 0 Å². The Labute approximate surface area is 70.2 Å². The monoisotopic (exact) mass is 169 g/mol. The minimum atomic E-state index is -1.15. The first-order chi connectivity index (χ1) is 5.75. The first kappa shape index (κ1) is 8.90. The van der Waals surface area contributed by atoms with Crippen LogP contribution in [0.5, 0.6) is 0 Å². The van der Waals surface area contributed by atoms with Gasteiger partial charge in [0, 0.05) is 0 Å². The minimum Gasteiger partial charge on any atom is -0.479 e. The number of hydrogen-bond donors (Lipinski definition) is 1. The summed E-state index contributed by atoms with van der Waals surface area (Å²) in [6.07, 6.45) is 5.43. The SMILES string of the molecule is O=NC(C(=O)O)C1=CCCCC1. The number of carboxylic acids is 1. The van der Waals surface area contributed by atoms with Gasteiger partial charge >= 0.3 is 5.97 Å². The summed E-state index contributed by atoms with van der Waals surface area (Å²) < 4.78 is 0. The van der Waals surface area contributed by atoms with Gasteiger partial charge in [-0.15, -0.1) is 4.91 Å². The van der Waals surface area contributed by atoms with Crippen LogP contribution in [0, 0.1) is 4.91 Å². The predicted octanol–water partition coefficient (Wildman–Crippen LogP) is 1.71. The van der Waals surface area contributed by atoms with Crippen LogP contribution in [0.2, 0.25) is 0 Å². The summed E-state index contributed by atoms with van der Waals surface area (Å²) in [5.74, 6) is -1.14. The molecule has 1 rings (SSSR count). The maximum Gasteiger partial charge on any atom is 0.336 e. The smallest absolute Gasteiger partial charge is 0.336 e. The van der Waals surface area contributed by atoms with Gasteiger partial charge in [-0.05, 0) is 36.4 Å². The Hall–Kier alpha value is -1.19. The molecule has 1 aliphatic carbocycles. The Kier molecular flexibility index (Phi) is 2.96. The Balaban J connectivity index is 2.70. The average molecular weight is 169 g/mol. The number of nitroso groups, excluding NO2 is 1. The minimum absolute atomic E-state index is 0.670. The van der Waals surface area contributed by atoms with Gasteiger partial charge in [-0.1, -0.05) is 6.08 Å². The van der Waals surface area contributed by atoms with Gasteiger partial charge in [-0.3, -0.25) is 0 Å². The van der Waals surface area contributed by atoms with Crippen molar-refractivity contribution in [2.75, 3.05) is 0 Å². The number of carbonyl (C=O) groups is 1. The van der Waals surface area contributed by atoms with Crippen LogP contribution in [-0.2, 0) is 4.79 Å². The van der Waals surface area contributed by atoms with Gasteiger partial charge in [0.05, 0.1) is 0 Å². The molecular formula is C8H11NO3. The van der Waals surface area contributed by atoms with Crippen molar-refractivity contribution < 1.29 is 9.90 Å². The van der Waals surface area contributed by atoms with E-state index >= 15 is 0 Å². The van der Waals surface area contributed by atoms with Gasteiger partial charge in [0.2, 0.25) is 6.04 Å². The third-order valence-corrected chi connectivity index (χ3v) is 2.02. The average Bonchev–Trinajstić information content (AvgIpc) is 2.07. The second-order valence-electron chi connectivity index (χ2n) is 2.87. The Morgan fingerprint density at radius 2 is 2.33 bits per heavy atom. The van der Waals surface area contributed by atoms with Crippen molar-refractivity contribution in [2.45, 2.75) is 31.7 Å². The van der Waals surface area contributed by atoms with Crippen molar-refractivity contribution in [1.29, 1.82) is 0 Å². The van der Waals surface area contributed by atoms with E-state index in [0.29, 0.717) is 12.0 Å². The Morgan fingerprint density at radius 1 is 1.58 bits per heavy atom. The standard InChI is InChI=1S/C8H11NO3/c10-8(11)7(9-12)6-4-2-1-3-5-6/h4,7H,1-3,5H2,(H,10,11). The molecule has 0 heterocycles. The van der Waals surface area contributed by atoms with Crippen molar-refractivity contribution in [3.63, 3.8) is 0 Å². The van der Waals surface area contributed by atoms with Crippen LogP contribution in [0.4, 0.5) is 0 Å². The van der Waals surface area contributed by atoms with Crippen molar-refractivity contribution in [2.24, 2.45) is 5.18 Å². The molecule has 0 spiro atoms. The van der Waals surface area contributed by atoms with Crippen LogP contribution in [0.3, 0.4) is 0 Å². The molecule has 0 radical (unpaired) electrons. The fourth-order valence-corrected chi connectivity index (χ4v) is 1.38. The molecule has 1 unspecified atom stereocenters. The largest absolute Gasteiger partial charge is 0.479 e. The lowest BCUT2D eigenvalue weighted by Gasteiger charge is -2.13. The molecule has 0 aromatic heterocycles. The molecule has 0 fully saturated rings. The topological polar surface area (TPSA) is 66.7 Å². The summed E-state index contributed by atoms with van der Waals surface area (Å²) in [4.78, 5) is 20.7. The number of rotatable bonds is 3. The van der Waals surface area contributed by atoms with Gasteiger partial charge in [0.15, 0.2) is 0 Å². The summed E-state index contributed by atoms with van der Waals surface area (Å²) in [5, 5.41) is 11.2. The van der Waals surface area contributed by atoms with Crippen LogP contribution in [-0.4, -0.2) is 17.1 Å². The fraction of sp³-hybridized carbons (Fsp3) is 0.625. The molecule has 1 aliphatic rings. The molecule has 12 heavy (non-hydrogen) atoms. The number of hydrogen-bond acceptors (Lipinski definition) is 3. The van der Waals surface area contributed by atoms with Gasteiger partial charge in [0.1, 0.15) is 0 Å². The van der Waals surface area contributed by atoms with Crippen molar-refractivity contribution in [3.8, 4) is 0 Å². The highest BCUT2D eigenvalue weighted by molar-refractivity contribution is 5.77. The van der Waals surface area contributed by atoms with Gasteiger partial charge in [0.25, 0.3) is 0 Å². The molecule has 1 atom stereocenters. The molecule has 0 aliphatic heterocycles. The summed E-state index contributed by atoms with van der Waals surface area (Å²) in [5.41, 5.74) is 0.670. The van der Waals surface area contributed by atoms with Crippen LogP contribution in [0.1, 0.15) is 25.7 Å². The molecule has 4 heteroatoms. The molecule has 0 saturated heterocycles. The summed E-state index contributed by atoms with van der Waals surface area (Å²) in [6, 6.07) is -1.15. The van der Waals surface area contributed by atoms with E-state index in [-0.39, 0.29) is 0 Å². The van der Waals surface area contributed by atoms with E-state index in [0.717, 1.165) is 19.3 Å². The highest BCUT2D eigenvalue weighted by Crippen LogP contribution is 2.21. The summed E-state index contributed by atoms with van der Waals surface area (Å²) >= 11 is 0. The van der Waals surface area contributed by atoms with Crippen LogP contribution < -0.4 is 0 Å². The summed E-state index contributed by atoms with van der Waals surface area (Å²) in [6.45, 7) is 0. The molecule has 0 aromatic rings. The molecular weight excluding hydrogens is 158 g/mol. The normalized spacial score (nSPS) is 19.5. The Bertz CT molecular complexity index is 222. The van der Waals surface area contributed by atoms with Crippen LogP contribution >= 0.6 is 0 Å². The lowest BCUT2D eigenvalue weighted by molar-refractivity contribution is -0.137. The summed E-state index contributed by atoms with van der Waals surface area (Å²) in [7, 11) is 0.